The summed E-state index contributed by atoms with van der Waals surface area (Å²) < 4.78 is 10.8. The molecule has 0 radical (unpaired) electrons. The van der Waals surface area contributed by atoms with Crippen LogP contribution in [0.4, 0.5) is 11.4 Å². The highest BCUT2D eigenvalue weighted by atomic mass is 35.5. The van der Waals surface area contributed by atoms with Crippen LogP contribution in [0.1, 0.15) is 0 Å². The molecule has 0 amide bonds. The van der Waals surface area contributed by atoms with Crippen LogP contribution in [-0.4, -0.2) is 52.6 Å². The highest BCUT2D eigenvalue weighted by Crippen LogP contribution is 2.28. The number of anilines is 2. The fraction of sp³-hybridized carbons (Fsp3) is 0.571. The van der Waals surface area contributed by atoms with E-state index < -0.39 is 0 Å². The Labute approximate surface area is 118 Å². The monoisotopic (exact) mass is 282 g/mol. The maximum atomic E-state index is 6.27. The number of hydrogen-bond acceptors (Lipinski definition) is 4. The van der Waals surface area contributed by atoms with Gasteiger partial charge in [-0.25, -0.2) is 0 Å². The van der Waals surface area contributed by atoms with E-state index in [1.165, 1.54) is 11.4 Å². The molecule has 0 bridgehead atoms. The van der Waals surface area contributed by atoms with Crippen LogP contribution in [0.3, 0.4) is 0 Å². The van der Waals surface area contributed by atoms with Crippen molar-refractivity contribution in [3.05, 3.63) is 23.2 Å². The molecule has 0 saturated carbocycles. The lowest BCUT2D eigenvalue weighted by atomic mass is 10.2. The third-order valence-electron chi connectivity index (χ3n) is 3.62. The van der Waals surface area contributed by atoms with Crippen LogP contribution >= 0.6 is 11.6 Å². The number of hydrogen-bond donors (Lipinski definition) is 0. The Bertz CT molecular complexity index is 393. The van der Waals surface area contributed by atoms with Gasteiger partial charge >= 0.3 is 0 Å². The molecule has 2 heterocycles. The molecule has 0 unspecified atom stereocenters. The maximum absolute atomic E-state index is 6.27. The molecule has 4 nitrogen and oxygen atoms in total. The predicted molar refractivity (Wildman–Crippen MR) is 77.5 cm³/mol. The Morgan fingerprint density at radius 3 is 1.58 bits per heavy atom. The van der Waals surface area contributed by atoms with E-state index in [9.17, 15) is 0 Å². The minimum atomic E-state index is 0.791. The van der Waals surface area contributed by atoms with Crippen molar-refractivity contribution in [2.45, 2.75) is 0 Å². The molecule has 1 aromatic rings. The van der Waals surface area contributed by atoms with Crippen LogP contribution in [0.25, 0.3) is 0 Å². The molecule has 19 heavy (non-hydrogen) atoms. The lowest BCUT2D eigenvalue weighted by Gasteiger charge is -2.32. The first kappa shape index (κ1) is 13.0. The Morgan fingerprint density at radius 1 is 0.737 bits per heavy atom. The minimum absolute atomic E-state index is 0.791. The Kier molecular flexibility index (Phi) is 4.11. The number of morpholine rings is 2. The van der Waals surface area contributed by atoms with Crippen LogP contribution < -0.4 is 9.80 Å². The van der Waals surface area contributed by atoms with E-state index in [0.29, 0.717) is 0 Å². The molecular weight excluding hydrogens is 264 g/mol. The summed E-state index contributed by atoms with van der Waals surface area (Å²) in [7, 11) is 0. The summed E-state index contributed by atoms with van der Waals surface area (Å²) in [6.45, 7) is 6.90. The van der Waals surface area contributed by atoms with Gasteiger partial charge in [0.1, 0.15) is 0 Å². The van der Waals surface area contributed by atoms with Gasteiger partial charge in [0.15, 0.2) is 0 Å². The van der Waals surface area contributed by atoms with Crippen molar-refractivity contribution in [3.8, 4) is 0 Å². The van der Waals surface area contributed by atoms with Crippen LogP contribution in [-0.2, 0) is 9.47 Å². The second kappa shape index (κ2) is 5.99. The Balaban J connectivity index is 1.82. The number of benzene rings is 1. The fourth-order valence-electron chi connectivity index (χ4n) is 2.57. The number of nitrogens with zero attached hydrogens (tertiary/aromatic N) is 2. The van der Waals surface area contributed by atoms with Crippen LogP contribution in [0.15, 0.2) is 18.2 Å². The Hall–Kier alpha value is -0.970. The molecule has 5 heteroatoms. The minimum Gasteiger partial charge on any atom is -0.378 e. The molecule has 3 rings (SSSR count). The predicted octanol–water partition coefficient (Wildman–Crippen LogP) is 2.01. The molecule has 2 aliphatic heterocycles. The summed E-state index contributed by atoms with van der Waals surface area (Å²) in [5, 5.41) is 0.797. The lowest BCUT2D eigenvalue weighted by molar-refractivity contribution is 0.122. The van der Waals surface area contributed by atoms with Gasteiger partial charge in [0, 0.05) is 42.6 Å². The summed E-state index contributed by atoms with van der Waals surface area (Å²) in [5.41, 5.74) is 2.38. The van der Waals surface area contributed by atoms with Gasteiger partial charge in [-0.3, -0.25) is 0 Å². The van der Waals surface area contributed by atoms with Crippen LogP contribution in [0, 0.1) is 0 Å². The molecule has 2 saturated heterocycles. The second-order valence-electron chi connectivity index (χ2n) is 4.87. The van der Waals surface area contributed by atoms with Gasteiger partial charge in [-0.05, 0) is 18.2 Å². The molecule has 1 aromatic carbocycles. The Morgan fingerprint density at radius 2 is 1.16 bits per heavy atom. The number of halogens is 1. The molecule has 0 aromatic heterocycles. The highest BCUT2D eigenvalue weighted by Gasteiger charge is 2.16. The topological polar surface area (TPSA) is 24.9 Å². The van der Waals surface area contributed by atoms with Gasteiger partial charge in [-0.1, -0.05) is 11.6 Å². The van der Waals surface area contributed by atoms with Crippen molar-refractivity contribution >= 4 is 23.0 Å². The average molecular weight is 283 g/mol. The van der Waals surface area contributed by atoms with Gasteiger partial charge < -0.3 is 19.3 Å². The molecule has 2 aliphatic rings. The summed E-state index contributed by atoms with van der Waals surface area (Å²) >= 11 is 6.27. The molecule has 2 fully saturated rings. The standard InChI is InChI=1S/C14H19ClN2O2/c15-12-9-13(16-1-5-18-6-2-16)11-14(10-12)17-3-7-19-8-4-17/h9-11H,1-8H2. The molecule has 0 aliphatic carbocycles. The summed E-state index contributed by atoms with van der Waals surface area (Å²) in [6, 6.07) is 6.30. The summed E-state index contributed by atoms with van der Waals surface area (Å²) in [4.78, 5) is 4.67. The third kappa shape index (κ3) is 3.14. The van der Waals surface area contributed by atoms with Gasteiger partial charge in [0.2, 0.25) is 0 Å². The van der Waals surface area contributed by atoms with Gasteiger partial charge in [-0.15, -0.1) is 0 Å². The van der Waals surface area contributed by atoms with E-state index in [1.54, 1.807) is 0 Å². The second-order valence-corrected chi connectivity index (χ2v) is 5.30. The zero-order valence-corrected chi connectivity index (χ0v) is 11.7. The molecular formula is C14H19ClN2O2. The van der Waals surface area contributed by atoms with E-state index in [1.807, 2.05) is 12.1 Å². The first-order valence-corrected chi connectivity index (χ1v) is 7.17. The lowest BCUT2D eigenvalue weighted by Crippen LogP contribution is -2.37. The van der Waals surface area contributed by atoms with Gasteiger partial charge in [0.05, 0.1) is 26.4 Å². The molecule has 0 atom stereocenters. The van der Waals surface area contributed by atoms with Crippen molar-refractivity contribution in [2.75, 3.05) is 62.4 Å². The third-order valence-corrected chi connectivity index (χ3v) is 3.84. The molecule has 0 spiro atoms. The first-order valence-electron chi connectivity index (χ1n) is 6.79. The van der Waals surface area contributed by atoms with Crippen LogP contribution in [0.2, 0.25) is 5.02 Å². The smallest absolute Gasteiger partial charge is 0.0642 e. The fourth-order valence-corrected chi connectivity index (χ4v) is 2.79. The highest BCUT2D eigenvalue weighted by molar-refractivity contribution is 6.31. The maximum Gasteiger partial charge on any atom is 0.0642 e. The normalized spacial score (nSPS) is 20.7. The van der Waals surface area contributed by atoms with Crippen LogP contribution in [0.5, 0.6) is 0 Å². The number of rotatable bonds is 2. The molecule has 104 valence electrons. The van der Waals surface area contributed by atoms with E-state index in [4.69, 9.17) is 21.1 Å². The van der Waals surface area contributed by atoms with Crippen molar-refractivity contribution in [1.82, 2.24) is 0 Å². The SMILES string of the molecule is Clc1cc(N2CCOCC2)cc(N2CCOCC2)c1. The number of ether oxygens (including phenoxy) is 2. The largest absolute Gasteiger partial charge is 0.378 e. The van der Waals surface area contributed by atoms with E-state index >= 15 is 0 Å². The van der Waals surface area contributed by atoms with Crippen molar-refractivity contribution < 1.29 is 9.47 Å². The molecule has 0 N–H and O–H groups in total. The van der Waals surface area contributed by atoms with Gasteiger partial charge in [-0.2, -0.15) is 0 Å². The van der Waals surface area contributed by atoms with E-state index in [0.717, 1.165) is 57.6 Å². The van der Waals surface area contributed by atoms with Gasteiger partial charge in [0.25, 0.3) is 0 Å². The zero-order valence-electron chi connectivity index (χ0n) is 11.0. The summed E-state index contributed by atoms with van der Waals surface area (Å²) in [6.07, 6.45) is 0. The zero-order chi connectivity index (χ0) is 13.1. The van der Waals surface area contributed by atoms with E-state index in [-0.39, 0.29) is 0 Å². The summed E-state index contributed by atoms with van der Waals surface area (Å²) in [5.74, 6) is 0. The first-order chi connectivity index (χ1) is 9.33. The van der Waals surface area contributed by atoms with Crippen molar-refractivity contribution in [1.29, 1.82) is 0 Å². The van der Waals surface area contributed by atoms with E-state index in [2.05, 4.69) is 15.9 Å². The quantitative estimate of drug-likeness (QED) is 0.828. The van der Waals surface area contributed by atoms with Crippen molar-refractivity contribution in [2.24, 2.45) is 0 Å². The van der Waals surface area contributed by atoms with Crippen molar-refractivity contribution in [3.63, 3.8) is 0 Å². The average Bonchev–Trinajstić information content (AvgIpc) is 2.48.